The Morgan fingerprint density at radius 1 is 1.53 bits per heavy atom. The van der Waals surface area contributed by atoms with Crippen LogP contribution in [-0.2, 0) is 21.3 Å². The maximum absolute atomic E-state index is 12.2. The number of aromatic nitrogens is 1. The van der Waals surface area contributed by atoms with E-state index in [1.807, 2.05) is 0 Å². The van der Waals surface area contributed by atoms with Crippen LogP contribution in [0, 0.1) is 3.70 Å². The molecule has 19 heavy (non-hydrogen) atoms. The molecule has 0 unspecified atom stereocenters. The van der Waals surface area contributed by atoms with Crippen molar-refractivity contribution in [1.82, 2.24) is 4.98 Å². The van der Waals surface area contributed by atoms with Gasteiger partial charge < -0.3 is 9.47 Å². The lowest BCUT2D eigenvalue weighted by atomic mass is 10.1. The first-order valence-corrected chi connectivity index (χ1v) is 7.03. The van der Waals surface area contributed by atoms with E-state index in [-0.39, 0.29) is 10.1 Å². The lowest BCUT2D eigenvalue weighted by Crippen LogP contribution is -2.19. The molecule has 0 aliphatic heterocycles. The van der Waals surface area contributed by atoms with Gasteiger partial charge in [0.25, 0.3) is 0 Å². The second-order valence-electron chi connectivity index (χ2n) is 3.32. The molecule has 0 saturated carbocycles. The largest absolute Gasteiger partial charge is 0.573 e. The average molecular weight is 454 g/mol. The minimum absolute atomic E-state index is 0.0676. The van der Waals surface area contributed by atoms with Crippen LogP contribution in [0.2, 0.25) is 0 Å². The monoisotopic (exact) mass is 453 g/mol. The van der Waals surface area contributed by atoms with E-state index in [9.17, 15) is 18.0 Å². The molecule has 0 amide bonds. The van der Waals surface area contributed by atoms with E-state index in [1.165, 1.54) is 7.11 Å². The number of esters is 1. The molecule has 0 fully saturated rings. The topological polar surface area (TPSA) is 48.4 Å². The Balaban J connectivity index is 3.14. The van der Waals surface area contributed by atoms with Crippen molar-refractivity contribution in [3.05, 3.63) is 21.0 Å². The van der Waals surface area contributed by atoms with E-state index < -0.39 is 18.1 Å². The van der Waals surface area contributed by atoms with Crippen LogP contribution in [0.25, 0.3) is 0 Å². The maximum Gasteiger partial charge on any atom is 0.573 e. The molecule has 0 bridgehead atoms. The van der Waals surface area contributed by atoms with E-state index in [1.54, 1.807) is 22.6 Å². The molecule has 1 heterocycles. The SMILES string of the molecule is COC(=O)Cc1cc(OC(F)(F)F)c(I)nc1CBr. The van der Waals surface area contributed by atoms with Gasteiger partial charge in [0.1, 0.15) is 3.70 Å². The summed E-state index contributed by atoms with van der Waals surface area (Å²) in [5, 5.41) is 0.307. The summed E-state index contributed by atoms with van der Waals surface area (Å²) in [6.45, 7) is 0. The zero-order valence-corrected chi connectivity index (χ0v) is 13.3. The van der Waals surface area contributed by atoms with Crippen LogP contribution >= 0.6 is 38.5 Å². The van der Waals surface area contributed by atoms with Gasteiger partial charge in [0, 0.05) is 5.33 Å². The van der Waals surface area contributed by atoms with E-state index in [0.29, 0.717) is 16.6 Å². The number of nitrogens with zero attached hydrogens (tertiary/aromatic N) is 1. The van der Waals surface area contributed by atoms with E-state index in [2.05, 4.69) is 30.4 Å². The van der Waals surface area contributed by atoms with Crippen LogP contribution in [0.3, 0.4) is 0 Å². The molecular formula is C10H8BrF3INO3. The van der Waals surface area contributed by atoms with Gasteiger partial charge >= 0.3 is 12.3 Å². The van der Waals surface area contributed by atoms with Gasteiger partial charge in [-0.2, -0.15) is 0 Å². The number of carbonyl (C=O) groups excluding carboxylic acids is 1. The van der Waals surface area contributed by atoms with Gasteiger partial charge in [-0.05, 0) is 34.2 Å². The molecule has 4 nitrogen and oxygen atoms in total. The van der Waals surface area contributed by atoms with E-state index in [4.69, 9.17) is 0 Å². The highest BCUT2D eigenvalue weighted by Gasteiger charge is 2.32. The number of methoxy groups -OCH3 is 1. The molecule has 1 aromatic heterocycles. The molecule has 106 valence electrons. The second kappa shape index (κ2) is 6.73. The maximum atomic E-state index is 12.2. The van der Waals surface area contributed by atoms with Crippen molar-refractivity contribution in [2.75, 3.05) is 7.11 Å². The predicted molar refractivity (Wildman–Crippen MR) is 72.0 cm³/mol. The minimum Gasteiger partial charge on any atom is -0.469 e. The number of hydrogen-bond acceptors (Lipinski definition) is 4. The van der Waals surface area contributed by atoms with Crippen LogP contribution in [0.1, 0.15) is 11.3 Å². The highest BCUT2D eigenvalue weighted by Crippen LogP contribution is 2.29. The molecule has 0 atom stereocenters. The van der Waals surface area contributed by atoms with Crippen molar-refractivity contribution in [1.29, 1.82) is 0 Å². The van der Waals surface area contributed by atoms with Crippen LogP contribution < -0.4 is 4.74 Å². The van der Waals surface area contributed by atoms with Crippen molar-refractivity contribution in [2.24, 2.45) is 0 Å². The molecule has 0 spiro atoms. The molecule has 0 N–H and O–H groups in total. The number of pyridine rings is 1. The smallest absolute Gasteiger partial charge is 0.469 e. The Morgan fingerprint density at radius 3 is 2.63 bits per heavy atom. The first-order chi connectivity index (χ1) is 8.76. The summed E-state index contributed by atoms with van der Waals surface area (Å²) in [6.07, 6.45) is -4.98. The second-order valence-corrected chi connectivity index (χ2v) is 4.90. The lowest BCUT2D eigenvalue weighted by molar-refractivity contribution is -0.275. The Bertz CT molecular complexity index is 482. The number of rotatable bonds is 4. The van der Waals surface area contributed by atoms with Crippen molar-refractivity contribution < 1.29 is 27.4 Å². The van der Waals surface area contributed by atoms with Crippen molar-refractivity contribution in [3.8, 4) is 5.75 Å². The number of hydrogen-bond donors (Lipinski definition) is 0. The van der Waals surface area contributed by atoms with Crippen molar-refractivity contribution in [3.63, 3.8) is 0 Å². The van der Waals surface area contributed by atoms with Gasteiger partial charge in [0.05, 0.1) is 19.2 Å². The standard InChI is InChI=1S/C10H8BrF3INO3/c1-18-8(17)3-5-2-7(19-10(12,13)14)9(15)16-6(5)4-11/h2H,3-4H2,1H3. The fourth-order valence-electron chi connectivity index (χ4n) is 1.24. The van der Waals surface area contributed by atoms with Gasteiger partial charge in [0.2, 0.25) is 0 Å². The highest BCUT2D eigenvalue weighted by molar-refractivity contribution is 14.1. The summed E-state index contributed by atoms with van der Waals surface area (Å²) in [5.74, 6) is -1.00. The normalized spacial score (nSPS) is 11.3. The molecule has 9 heteroatoms. The van der Waals surface area contributed by atoms with Gasteiger partial charge in [-0.1, -0.05) is 15.9 Å². The molecule has 0 radical (unpaired) electrons. The fourth-order valence-corrected chi connectivity index (χ4v) is 2.28. The zero-order chi connectivity index (χ0) is 14.6. The molecule has 1 aromatic rings. The summed E-state index contributed by atoms with van der Waals surface area (Å²) >= 11 is 4.80. The number of carbonyl (C=O) groups is 1. The van der Waals surface area contributed by atoms with Crippen LogP contribution in [0.5, 0.6) is 5.75 Å². The minimum atomic E-state index is -4.81. The third kappa shape index (κ3) is 5.13. The predicted octanol–water partition coefficient (Wildman–Crippen LogP) is 3.20. The summed E-state index contributed by atoms with van der Waals surface area (Å²) in [7, 11) is 1.20. The zero-order valence-electron chi connectivity index (χ0n) is 9.55. The van der Waals surface area contributed by atoms with Gasteiger partial charge in [-0.15, -0.1) is 13.2 Å². The Morgan fingerprint density at radius 2 is 2.16 bits per heavy atom. The molecule has 0 saturated heterocycles. The fraction of sp³-hybridized carbons (Fsp3) is 0.400. The summed E-state index contributed by atoms with van der Waals surface area (Å²) in [6, 6.07) is 1.15. The van der Waals surface area contributed by atoms with Gasteiger partial charge in [-0.3, -0.25) is 4.79 Å². The van der Waals surface area contributed by atoms with Crippen molar-refractivity contribution in [2.45, 2.75) is 18.1 Å². The summed E-state index contributed by atoms with van der Waals surface area (Å²) in [5.41, 5.74) is 0.785. The van der Waals surface area contributed by atoms with E-state index >= 15 is 0 Å². The average Bonchev–Trinajstić information content (AvgIpc) is 2.31. The van der Waals surface area contributed by atoms with Gasteiger partial charge in [0.15, 0.2) is 5.75 Å². The molecular weight excluding hydrogens is 446 g/mol. The van der Waals surface area contributed by atoms with Gasteiger partial charge in [-0.25, -0.2) is 4.98 Å². The quantitative estimate of drug-likeness (QED) is 0.304. The number of ether oxygens (including phenoxy) is 2. The molecule has 0 aliphatic rings. The Kier molecular flexibility index (Phi) is 5.83. The molecule has 1 rings (SSSR count). The Hall–Kier alpha value is -0.580. The Labute approximate surface area is 128 Å². The first kappa shape index (κ1) is 16.5. The van der Waals surface area contributed by atoms with Crippen molar-refractivity contribution >= 4 is 44.5 Å². The summed E-state index contributed by atoms with van der Waals surface area (Å²) in [4.78, 5) is 15.2. The third-order valence-electron chi connectivity index (χ3n) is 2.03. The lowest BCUT2D eigenvalue weighted by Gasteiger charge is -2.13. The van der Waals surface area contributed by atoms with E-state index in [0.717, 1.165) is 6.07 Å². The summed E-state index contributed by atoms with van der Waals surface area (Å²) < 4.78 is 45.0. The first-order valence-electron chi connectivity index (χ1n) is 4.83. The highest BCUT2D eigenvalue weighted by atomic mass is 127. The third-order valence-corrected chi connectivity index (χ3v) is 3.33. The van der Waals surface area contributed by atoms with Crippen LogP contribution in [0.4, 0.5) is 13.2 Å². The molecule has 0 aromatic carbocycles. The molecule has 0 aliphatic carbocycles. The van der Waals surface area contributed by atoms with Crippen LogP contribution in [-0.4, -0.2) is 24.4 Å². The van der Waals surface area contributed by atoms with Crippen LogP contribution in [0.15, 0.2) is 6.07 Å². The number of halogens is 5. The number of alkyl halides is 4.